The van der Waals surface area contributed by atoms with E-state index in [2.05, 4.69) is 44.7 Å². The maximum absolute atomic E-state index is 4.16. The third-order valence-corrected chi connectivity index (χ3v) is 2.45. The average Bonchev–Trinajstić information content (AvgIpc) is 2.22. The number of halogens is 1. The SMILES string of the molecule is C=CCCCC(C)Nc1ncc(Br)cn1. The van der Waals surface area contributed by atoms with Crippen LogP contribution in [-0.4, -0.2) is 16.0 Å². The third kappa shape index (κ3) is 4.93. The summed E-state index contributed by atoms with van der Waals surface area (Å²) >= 11 is 3.30. The summed E-state index contributed by atoms with van der Waals surface area (Å²) in [4.78, 5) is 8.31. The molecule has 1 heterocycles. The van der Waals surface area contributed by atoms with E-state index < -0.39 is 0 Å². The first-order valence-electron chi connectivity index (χ1n) is 5.07. The Bertz CT molecular complexity index is 297. The van der Waals surface area contributed by atoms with Crippen molar-refractivity contribution in [2.24, 2.45) is 0 Å². The lowest BCUT2D eigenvalue weighted by molar-refractivity contribution is 0.658. The molecule has 15 heavy (non-hydrogen) atoms. The van der Waals surface area contributed by atoms with Gasteiger partial charge in [0, 0.05) is 18.4 Å². The van der Waals surface area contributed by atoms with Crippen LogP contribution in [0.1, 0.15) is 26.2 Å². The van der Waals surface area contributed by atoms with E-state index in [1.165, 1.54) is 0 Å². The number of aromatic nitrogens is 2. The molecule has 1 unspecified atom stereocenters. The van der Waals surface area contributed by atoms with Gasteiger partial charge >= 0.3 is 0 Å². The van der Waals surface area contributed by atoms with Crippen LogP contribution in [0.25, 0.3) is 0 Å². The van der Waals surface area contributed by atoms with Crippen LogP contribution >= 0.6 is 15.9 Å². The van der Waals surface area contributed by atoms with Gasteiger partial charge in [0.15, 0.2) is 0 Å². The molecule has 0 aliphatic rings. The van der Waals surface area contributed by atoms with E-state index in [1.54, 1.807) is 12.4 Å². The number of hydrogen-bond acceptors (Lipinski definition) is 3. The highest BCUT2D eigenvalue weighted by atomic mass is 79.9. The van der Waals surface area contributed by atoms with Gasteiger partial charge in [0.1, 0.15) is 0 Å². The highest BCUT2D eigenvalue weighted by molar-refractivity contribution is 9.10. The minimum Gasteiger partial charge on any atom is -0.352 e. The molecule has 0 bridgehead atoms. The molecule has 1 atom stereocenters. The molecule has 0 fully saturated rings. The minimum absolute atomic E-state index is 0.395. The van der Waals surface area contributed by atoms with E-state index >= 15 is 0 Å². The lowest BCUT2D eigenvalue weighted by Gasteiger charge is -2.12. The third-order valence-electron chi connectivity index (χ3n) is 2.04. The molecule has 0 aliphatic carbocycles. The molecular formula is C11H16BrN3. The number of nitrogens with one attached hydrogen (secondary N) is 1. The molecule has 0 radical (unpaired) electrons. The van der Waals surface area contributed by atoms with Crippen LogP contribution in [-0.2, 0) is 0 Å². The zero-order chi connectivity index (χ0) is 11.1. The van der Waals surface area contributed by atoms with Crippen molar-refractivity contribution in [3.05, 3.63) is 29.5 Å². The number of allylic oxidation sites excluding steroid dienone is 1. The lowest BCUT2D eigenvalue weighted by atomic mass is 10.1. The Morgan fingerprint density at radius 2 is 2.20 bits per heavy atom. The second-order valence-electron chi connectivity index (χ2n) is 3.49. The second-order valence-corrected chi connectivity index (χ2v) is 4.41. The summed E-state index contributed by atoms with van der Waals surface area (Å²) in [5.74, 6) is 0.685. The van der Waals surface area contributed by atoms with Gasteiger partial charge in [0.2, 0.25) is 5.95 Å². The summed E-state index contributed by atoms with van der Waals surface area (Å²) in [6.45, 7) is 5.83. The zero-order valence-corrected chi connectivity index (χ0v) is 10.5. The quantitative estimate of drug-likeness (QED) is 0.636. The fraction of sp³-hybridized carbons (Fsp3) is 0.455. The van der Waals surface area contributed by atoms with Crippen LogP contribution in [0, 0.1) is 0 Å². The summed E-state index contributed by atoms with van der Waals surface area (Å²) in [5, 5.41) is 3.25. The lowest BCUT2D eigenvalue weighted by Crippen LogP contribution is -2.16. The van der Waals surface area contributed by atoms with E-state index in [0.717, 1.165) is 23.7 Å². The van der Waals surface area contributed by atoms with Crippen LogP contribution in [0.3, 0.4) is 0 Å². The molecule has 0 spiro atoms. The van der Waals surface area contributed by atoms with Gasteiger partial charge in [0.05, 0.1) is 4.47 Å². The summed E-state index contributed by atoms with van der Waals surface area (Å²) in [5.41, 5.74) is 0. The van der Waals surface area contributed by atoms with Gasteiger partial charge < -0.3 is 5.32 Å². The Morgan fingerprint density at radius 1 is 1.53 bits per heavy atom. The first kappa shape index (κ1) is 12.2. The van der Waals surface area contributed by atoms with Gasteiger partial charge in [-0.3, -0.25) is 0 Å². The molecule has 3 nitrogen and oxygen atoms in total. The van der Waals surface area contributed by atoms with Crippen molar-refractivity contribution >= 4 is 21.9 Å². The molecule has 0 aromatic carbocycles. The maximum Gasteiger partial charge on any atom is 0.222 e. The minimum atomic E-state index is 0.395. The normalized spacial score (nSPS) is 12.1. The monoisotopic (exact) mass is 269 g/mol. The molecular weight excluding hydrogens is 254 g/mol. The van der Waals surface area contributed by atoms with Gasteiger partial charge in [-0.25, -0.2) is 9.97 Å². The Kier molecular flexibility index (Phi) is 5.32. The van der Waals surface area contributed by atoms with E-state index in [9.17, 15) is 0 Å². The first-order valence-corrected chi connectivity index (χ1v) is 5.86. The molecule has 0 saturated heterocycles. The smallest absolute Gasteiger partial charge is 0.222 e. The Balaban J connectivity index is 2.34. The maximum atomic E-state index is 4.16. The zero-order valence-electron chi connectivity index (χ0n) is 8.91. The Hall–Kier alpha value is -0.900. The van der Waals surface area contributed by atoms with Crippen molar-refractivity contribution in [3.63, 3.8) is 0 Å². The molecule has 1 aromatic heterocycles. The van der Waals surface area contributed by atoms with Gasteiger partial charge in [-0.2, -0.15) is 0 Å². The highest BCUT2D eigenvalue weighted by Gasteiger charge is 2.02. The number of nitrogens with zero attached hydrogens (tertiary/aromatic N) is 2. The molecule has 0 aliphatic heterocycles. The van der Waals surface area contributed by atoms with Crippen molar-refractivity contribution in [1.29, 1.82) is 0 Å². The van der Waals surface area contributed by atoms with Crippen molar-refractivity contribution < 1.29 is 0 Å². The van der Waals surface area contributed by atoms with Gasteiger partial charge in [0.25, 0.3) is 0 Å². The molecule has 0 amide bonds. The van der Waals surface area contributed by atoms with E-state index in [-0.39, 0.29) is 0 Å². The van der Waals surface area contributed by atoms with Gasteiger partial charge in [-0.05, 0) is 42.1 Å². The number of unbranched alkanes of at least 4 members (excludes halogenated alkanes) is 1. The standard InChI is InChI=1S/C11H16BrN3/c1-3-4-5-6-9(2)15-11-13-7-10(12)8-14-11/h3,7-9H,1,4-6H2,2H3,(H,13,14,15). The molecule has 1 N–H and O–H groups in total. The number of rotatable bonds is 6. The van der Waals surface area contributed by atoms with Gasteiger partial charge in [-0.1, -0.05) is 6.08 Å². The molecule has 82 valence electrons. The van der Waals surface area contributed by atoms with Crippen LogP contribution in [0.2, 0.25) is 0 Å². The predicted octanol–water partition coefficient (Wildman–Crippen LogP) is 3.40. The summed E-state index contributed by atoms with van der Waals surface area (Å²) in [6.07, 6.45) is 8.74. The van der Waals surface area contributed by atoms with Crippen LogP contribution < -0.4 is 5.32 Å². The van der Waals surface area contributed by atoms with Crippen LogP contribution in [0.5, 0.6) is 0 Å². The van der Waals surface area contributed by atoms with Gasteiger partial charge in [-0.15, -0.1) is 6.58 Å². The molecule has 0 saturated carbocycles. The Morgan fingerprint density at radius 3 is 2.80 bits per heavy atom. The topological polar surface area (TPSA) is 37.8 Å². The van der Waals surface area contributed by atoms with Crippen LogP contribution in [0.4, 0.5) is 5.95 Å². The second kappa shape index (κ2) is 6.56. The summed E-state index contributed by atoms with van der Waals surface area (Å²) < 4.78 is 0.896. The first-order chi connectivity index (χ1) is 7.22. The number of anilines is 1. The number of hydrogen-bond donors (Lipinski definition) is 1. The molecule has 4 heteroatoms. The fourth-order valence-electron chi connectivity index (χ4n) is 1.25. The van der Waals surface area contributed by atoms with E-state index in [1.807, 2.05) is 6.08 Å². The Labute approximate surface area is 99.2 Å². The largest absolute Gasteiger partial charge is 0.352 e. The van der Waals surface area contributed by atoms with Crippen molar-refractivity contribution in [2.45, 2.75) is 32.2 Å². The predicted molar refractivity (Wildman–Crippen MR) is 66.9 cm³/mol. The van der Waals surface area contributed by atoms with Crippen molar-refractivity contribution in [1.82, 2.24) is 9.97 Å². The van der Waals surface area contributed by atoms with E-state index in [4.69, 9.17) is 0 Å². The fourth-order valence-corrected chi connectivity index (χ4v) is 1.45. The summed E-state index contributed by atoms with van der Waals surface area (Å²) in [6, 6.07) is 0.395. The highest BCUT2D eigenvalue weighted by Crippen LogP contribution is 2.09. The van der Waals surface area contributed by atoms with Crippen molar-refractivity contribution in [3.8, 4) is 0 Å². The van der Waals surface area contributed by atoms with Crippen molar-refractivity contribution in [2.75, 3.05) is 5.32 Å². The van der Waals surface area contributed by atoms with E-state index in [0.29, 0.717) is 12.0 Å². The van der Waals surface area contributed by atoms with Crippen LogP contribution in [0.15, 0.2) is 29.5 Å². The molecule has 1 aromatic rings. The summed E-state index contributed by atoms with van der Waals surface area (Å²) in [7, 11) is 0. The molecule has 1 rings (SSSR count). The average molecular weight is 270 g/mol.